The fraction of sp³-hybridized carbons (Fsp3) is 0.300. The second-order valence-corrected chi connectivity index (χ2v) is 3.42. The molecule has 1 heterocycles. The van der Waals surface area contributed by atoms with Gasteiger partial charge in [-0.1, -0.05) is 5.92 Å². The van der Waals surface area contributed by atoms with E-state index in [2.05, 4.69) is 5.92 Å². The van der Waals surface area contributed by atoms with Crippen LogP contribution in [0.15, 0.2) is 11.1 Å². The minimum absolute atomic E-state index is 0.0334. The molecular weight excluding hydrogens is 233 g/mol. The SMILES string of the molecule is C#CCn1cc(SO)c(F)c1C(=O)OCC. The first-order valence-corrected chi connectivity index (χ1v) is 5.23. The molecule has 0 saturated heterocycles. The number of ether oxygens (including phenoxy) is 1. The summed E-state index contributed by atoms with van der Waals surface area (Å²) in [5, 5.41) is 0. The summed E-state index contributed by atoms with van der Waals surface area (Å²) in [6, 6.07) is 0. The van der Waals surface area contributed by atoms with Crippen molar-refractivity contribution in [2.45, 2.75) is 18.4 Å². The topological polar surface area (TPSA) is 51.5 Å². The fourth-order valence-corrected chi connectivity index (χ4v) is 1.55. The molecule has 0 spiro atoms. The van der Waals surface area contributed by atoms with E-state index in [1.807, 2.05) is 0 Å². The predicted molar refractivity (Wildman–Crippen MR) is 57.7 cm³/mol. The number of hydrogen-bond donors (Lipinski definition) is 1. The van der Waals surface area contributed by atoms with Gasteiger partial charge in [0.25, 0.3) is 0 Å². The lowest BCUT2D eigenvalue weighted by atomic mass is 10.4. The van der Waals surface area contributed by atoms with E-state index in [1.165, 1.54) is 10.8 Å². The number of hydrogen-bond acceptors (Lipinski definition) is 4. The average molecular weight is 243 g/mol. The summed E-state index contributed by atoms with van der Waals surface area (Å²) >= 11 is 0.220. The zero-order chi connectivity index (χ0) is 12.1. The molecule has 1 N–H and O–H groups in total. The fourth-order valence-electron chi connectivity index (χ4n) is 1.20. The van der Waals surface area contributed by atoms with E-state index in [9.17, 15) is 9.18 Å². The van der Waals surface area contributed by atoms with Gasteiger partial charge in [0.2, 0.25) is 0 Å². The van der Waals surface area contributed by atoms with Gasteiger partial charge in [-0.3, -0.25) is 0 Å². The Balaban J connectivity index is 3.18. The predicted octanol–water partition coefficient (Wildman–Crippen LogP) is 2.00. The third kappa shape index (κ3) is 2.38. The van der Waals surface area contributed by atoms with Crippen molar-refractivity contribution in [1.29, 1.82) is 0 Å². The number of esters is 1. The summed E-state index contributed by atoms with van der Waals surface area (Å²) < 4.78 is 28.3. The van der Waals surface area contributed by atoms with Gasteiger partial charge in [-0.15, -0.1) is 6.42 Å². The molecule has 0 unspecified atom stereocenters. The number of terminal acetylenes is 1. The van der Waals surface area contributed by atoms with Crippen LogP contribution >= 0.6 is 12.0 Å². The molecule has 16 heavy (non-hydrogen) atoms. The van der Waals surface area contributed by atoms with Crippen LogP contribution in [0.2, 0.25) is 0 Å². The Morgan fingerprint density at radius 1 is 1.81 bits per heavy atom. The van der Waals surface area contributed by atoms with E-state index in [-0.39, 0.29) is 35.8 Å². The number of carbonyl (C=O) groups is 1. The highest BCUT2D eigenvalue weighted by molar-refractivity contribution is 7.93. The van der Waals surface area contributed by atoms with Crippen molar-refractivity contribution < 1.29 is 18.5 Å². The molecular formula is C10H10FNO3S. The number of rotatable bonds is 4. The van der Waals surface area contributed by atoms with Crippen LogP contribution in [0.5, 0.6) is 0 Å². The molecule has 0 aliphatic heterocycles. The Hall–Kier alpha value is -1.45. The molecule has 1 rings (SSSR count). The molecule has 0 radical (unpaired) electrons. The van der Waals surface area contributed by atoms with E-state index in [0.29, 0.717) is 0 Å². The van der Waals surface area contributed by atoms with Crippen LogP contribution in [0.25, 0.3) is 0 Å². The summed E-state index contributed by atoms with van der Waals surface area (Å²) in [5.41, 5.74) is -0.267. The van der Waals surface area contributed by atoms with Gasteiger partial charge in [0, 0.05) is 18.2 Å². The first-order chi connectivity index (χ1) is 7.65. The Kier molecular flexibility index (Phi) is 4.40. The van der Waals surface area contributed by atoms with E-state index >= 15 is 0 Å². The second kappa shape index (κ2) is 5.58. The average Bonchev–Trinajstić information content (AvgIpc) is 2.56. The largest absolute Gasteiger partial charge is 0.461 e. The van der Waals surface area contributed by atoms with Crippen LogP contribution in [0, 0.1) is 18.2 Å². The molecule has 0 amide bonds. The normalized spacial score (nSPS) is 9.88. The molecule has 0 saturated carbocycles. The molecule has 1 aromatic heterocycles. The van der Waals surface area contributed by atoms with Crippen molar-refractivity contribution >= 4 is 18.0 Å². The van der Waals surface area contributed by atoms with E-state index < -0.39 is 11.8 Å². The van der Waals surface area contributed by atoms with E-state index in [0.717, 1.165) is 0 Å². The maximum Gasteiger partial charge on any atom is 0.358 e. The lowest BCUT2D eigenvalue weighted by Crippen LogP contribution is -2.13. The standard InChI is InChI=1S/C10H10FNO3S/c1-3-5-12-6-7(16-14)8(11)9(12)10(13)15-4-2/h1,6,14H,4-5H2,2H3. The van der Waals surface area contributed by atoms with Crippen LogP contribution < -0.4 is 0 Å². The summed E-state index contributed by atoms with van der Waals surface area (Å²) in [6.07, 6.45) is 6.36. The van der Waals surface area contributed by atoms with Crippen molar-refractivity contribution in [2.24, 2.45) is 0 Å². The maximum atomic E-state index is 13.6. The van der Waals surface area contributed by atoms with Crippen LogP contribution in [-0.2, 0) is 11.3 Å². The third-order valence-corrected chi connectivity index (χ3v) is 2.29. The molecule has 0 atom stereocenters. The summed E-state index contributed by atoms with van der Waals surface area (Å²) in [7, 11) is 0. The van der Waals surface area contributed by atoms with Gasteiger partial charge in [-0.2, -0.15) is 0 Å². The Bertz CT molecular complexity index is 436. The van der Waals surface area contributed by atoms with Crippen LogP contribution in [-0.4, -0.2) is 21.7 Å². The third-order valence-electron chi connectivity index (χ3n) is 1.81. The monoisotopic (exact) mass is 243 g/mol. The Morgan fingerprint density at radius 3 is 3.00 bits per heavy atom. The second-order valence-electron chi connectivity index (χ2n) is 2.80. The zero-order valence-corrected chi connectivity index (χ0v) is 9.38. The summed E-state index contributed by atoms with van der Waals surface area (Å²) in [5.74, 6) is 0.670. The maximum absolute atomic E-state index is 13.6. The zero-order valence-electron chi connectivity index (χ0n) is 8.57. The van der Waals surface area contributed by atoms with Gasteiger partial charge in [-0.25, -0.2) is 9.18 Å². The van der Waals surface area contributed by atoms with Crippen molar-refractivity contribution in [3.63, 3.8) is 0 Å². The summed E-state index contributed by atoms with van der Waals surface area (Å²) in [4.78, 5) is 11.4. The van der Waals surface area contributed by atoms with E-state index in [1.54, 1.807) is 6.92 Å². The molecule has 0 bridgehead atoms. The first kappa shape index (κ1) is 12.6. The van der Waals surface area contributed by atoms with Crippen LogP contribution in [0.4, 0.5) is 4.39 Å². The Morgan fingerprint density at radius 2 is 2.50 bits per heavy atom. The van der Waals surface area contributed by atoms with Gasteiger partial charge < -0.3 is 13.9 Å². The lowest BCUT2D eigenvalue weighted by Gasteiger charge is -2.04. The van der Waals surface area contributed by atoms with Gasteiger partial charge in [-0.05, 0) is 6.92 Å². The minimum atomic E-state index is -0.818. The molecule has 4 nitrogen and oxygen atoms in total. The number of aromatic nitrogens is 1. The molecule has 6 heteroatoms. The van der Waals surface area contributed by atoms with Crippen molar-refractivity contribution in [2.75, 3.05) is 6.61 Å². The number of nitrogens with zero attached hydrogens (tertiary/aromatic N) is 1. The molecule has 0 fully saturated rings. The highest BCUT2D eigenvalue weighted by Crippen LogP contribution is 2.24. The van der Waals surface area contributed by atoms with Crippen LogP contribution in [0.1, 0.15) is 17.4 Å². The summed E-state index contributed by atoms with van der Waals surface area (Å²) in [6.45, 7) is 1.79. The molecule has 0 aliphatic carbocycles. The minimum Gasteiger partial charge on any atom is -0.461 e. The van der Waals surface area contributed by atoms with Gasteiger partial charge in [0.15, 0.2) is 11.5 Å². The molecule has 0 aliphatic rings. The first-order valence-electron chi connectivity index (χ1n) is 4.46. The highest BCUT2D eigenvalue weighted by atomic mass is 32.2. The quantitative estimate of drug-likeness (QED) is 0.499. The van der Waals surface area contributed by atoms with Crippen molar-refractivity contribution in [3.8, 4) is 12.3 Å². The van der Waals surface area contributed by atoms with E-state index in [4.69, 9.17) is 15.7 Å². The molecule has 1 aromatic rings. The Labute approximate surface area is 96.6 Å². The van der Waals surface area contributed by atoms with Gasteiger partial charge >= 0.3 is 5.97 Å². The number of halogens is 1. The molecule has 0 aromatic carbocycles. The smallest absolute Gasteiger partial charge is 0.358 e. The number of carbonyl (C=O) groups excluding carboxylic acids is 1. The molecule has 86 valence electrons. The van der Waals surface area contributed by atoms with Crippen molar-refractivity contribution in [1.82, 2.24) is 4.57 Å². The highest BCUT2D eigenvalue weighted by Gasteiger charge is 2.23. The lowest BCUT2D eigenvalue weighted by molar-refractivity contribution is 0.0508. The van der Waals surface area contributed by atoms with Crippen LogP contribution in [0.3, 0.4) is 0 Å². The van der Waals surface area contributed by atoms with Gasteiger partial charge in [0.05, 0.1) is 18.0 Å². The van der Waals surface area contributed by atoms with Crippen molar-refractivity contribution in [3.05, 3.63) is 17.7 Å². The van der Waals surface area contributed by atoms with Gasteiger partial charge in [0.1, 0.15) is 0 Å².